The number of amides is 1. The maximum Gasteiger partial charge on any atom is 0.219 e. The Bertz CT molecular complexity index is 961. The zero-order chi connectivity index (χ0) is 19.9. The van der Waals surface area contributed by atoms with Gasteiger partial charge in [-0.15, -0.1) is 0 Å². The first kappa shape index (κ1) is 19.1. The van der Waals surface area contributed by atoms with Crippen LogP contribution in [-0.2, 0) is 14.8 Å². The molecule has 1 saturated heterocycles. The Hall–Kier alpha value is -2.20. The Kier molecular flexibility index (Phi) is 5.00. The summed E-state index contributed by atoms with van der Waals surface area (Å²) in [6, 6.07) is 2.24. The molecule has 1 aliphatic carbocycles. The van der Waals surface area contributed by atoms with Crippen molar-refractivity contribution in [2.75, 3.05) is 43.9 Å². The number of aromatic amines is 1. The van der Waals surface area contributed by atoms with Gasteiger partial charge in [0, 0.05) is 52.4 Å². The molecule has 0 spiro atoms. The largest absolute Gasteiger partial charge is 0.356 e. The molecule has 0 bridgehead atoms. The fourth-order valence-corrected chi connectivity index (χ4v) is 5.95. The van der Waals surface area contributed by atoms with Crippen molar-refractivity contribution in [2.24, 2.45) is 5.92 Å². The summed E-state index contributed by atoms with van der Waals surface area (Å²) in [5.41, 5.74) is 0.806. The van der Waals surface area contributed by atoms with Gasteiger partial charge in [-0.25, -0.2) is 18.4 Å². The molecule has 1 N–H and O–H groups in total. The number of fused-ring (bicyclic) bond motifs is 1. The molecule has 152 valence electrons. The van der Waals surface area contributed by atoms with Crippen molar-refractivity contribution in [3.63, 3.8) is 0 Å². The number of hydrogen-bond donors (Lipinski definition) is 1. The number of sulfonamides is 1. The van der Waals surface area contributed by atoms with Crippen LogP contribution in [0.3, 0.4) is 0 Å². The fourth-order valence-electron chi connectivity index (χ4n) is 4.15. The molecule has 1 saturated carbocycles. The second kappa shape index (κ2) is 7.32. The lowest BCUT2D eigenvalue weighted by Crippen LogP contribution is -2.52. The van der Waals surface area contributed by atoms with E-state index in [1.807, 2.05) is 19.3 Å². The van der Waals surface area contributed by atoms with Gasteiger partial charge in [0.25, 0.3) is 0 Å². The second-order valence-corrected chi connectivity index (χ2v) is 9.74. The number of piperazine rings is 1. The predicted octanol–water partition coefficient (Wildman–Crippen LogP) is 0.667. The minimum absolute atomic E-state index is 0.00294. The van der Waals surface area contributed by atoms with E-state index in [1.165, 1.54) is 11.2 Å². The van der Waals surface area contributed by atoms with Gasteiger partial charge >= 0.3 is 0 Å². The lowest BCUT2D eigenvalue weighted by atomic mass is 9.81. The fraction of sp³-hybridized carbons (Fsp3) is 0.611. The van der Waals surface area contributed by atoms with Gasteiger partial charge in [-0.1, -0.05) is 0 Å². The molecular formula is C18H26N6O3S. The smallest absolute Gasteiger partial charge is 0.219 e. The number of carbonyl (C=O) groups is 1. The molecule has 2 aromatic heterocycles. The van der Waals surface area contributed by atoms with Gasteiger partial charge in [-0.2, -0.15) is 4.31 Å². The molecule has 9 nitrogen and oxygen atoms in total. The SMILES string of the molecule is CC(=O)N1CCN(S(=O)(=O)C[C@H]2C[C@@H](N(C)c3ncnc4[nH]ccc34)C2)CC1. The maximum absolute atomic E-state index is 12.7. The van der Waals surface area contributed by atoms with Crippen LogP contribution in [0.1, 0.15) is 19.8 Å². The maximum atomic E-state index is 12.7. The third kappa shape index (κ3) is 3.58. The highest BCUT2D eigenvalue weighted by atomic mass is 32.2. The molecule has 28 heavy (non-hydrogen) atoms. The number of H-pyrrole nitrogens is 1. The summed E-state index contributed by atoms with van der Waals surface area (Å²) < 4.78 is 27.0. The van der Waals surface area contributed by atoms with Crippen molar-refractivity contribution in [3.05, 3.63) is 18.6 Å². The molecule has 1 amide bonds. The van der Waals surface area contributed by atoms with Gasteiger partial charge < -0.3 is 14.8 Å². The highest BCUT2D eigenvalue weighted by Gasteiger charge is 2.38. The first-order valence-electron chi connectivity index (χ1n) is 9.59. The van der Waals surface area contributed by atoms with Crippen molar-refractivity contribution in [1.29, 1.82) is 0 Å². The van der Waals surface area contributed by atoms with Crippen LogP contribution < -0.4 is 4.90 Å². The van der Waals surface area contributed by atoms with E-state index < -0.39 is 10.0 Å². The summed E-state index contributed by atoms with van der Waals surface area (Å²) in [6.07, 6.45) is 5.06. The van der Waals surface area contributed by atoms with Crippen molar-refractivity contribution in [1.82, 2.24) is 24.2 Å². The predicted molar refractivity (Wildman–Crippen MR) is 106 cm³/mol. The highest BCUT2D eigenvalue weighted by Crippen LogP contribution is 2.36. The van der Waals surface area contributed by atoms with E-state index in [0.717, 1.165) is 29.7 Å². The number of nitrogens with zero attached hydrogens (tertiary/aromatic N) is 5. The van der Waals surface area contributed by atoms with Crippen LogP contribution in [0.5, 0.6) is 0 Å². The molecule has 0 aromatic carbocycles. The Morgan fingerprint density at radius 3 is 2.64 bits per heavy atom. The van der Waals surface area contributed by atoms with Crippen molar-refractivity contribution in [2.45, 2.75) is 25.8 Å². The number of nitrogens with one attached hydrogen (secondary N) is 1. The molecular weight excluding hydrogens is 380 g/mol. The van der Waals surface area contributed by atoms with E-state index >= 15 is 0 Å². The minimum Gasteiger partial charge on any atom is -0.356 e. The number of hydrogen-bond acceptors (Lipinski definition) is 6. The van der Waals surface area contributed by atoms with Gasteiger partial charge in [0.05, 0.1) is 11.1 Å². The number of aromatic nitrogens is 3. The van der Waals surface area contributed by atoms with E-state index in [9.17, 15) is 13.2 Å². The van der Waals surface area contributed by atoms with Crippen LogP contribution in [-0.4, -0.2) is 83.5 Å². The molecule has 2 aliphatic rings. The van der Waals surface area contributed by atoms with Crippen LogP contribution in [0, 0.1) is 5.92 Å². The summed E-state index contributed by atoms with van der Waals surface area (Å²) >= 11 is 0. The first-order valence-corrected chi connectivity index (χ1v) is 11.2. The molecule has 4 rings (SSSR count). The summed E-state index contributed by atoms with van der Waals surface area (Å²) in [6.45, 7) is 3.26. The van der Waals surface area contributed by atoms with Crippen LogP contribution >= 0.6 is 0 Å². The number of carbonyl (C=O) groups excluding carboxylic acids is 1. The van der Waals surface area contributed by atoms with Crippen LogP contribution in [0.25, 0.3) is 11.0 Å². The zero-order valence-corrected chi connectivity index (χ0v) is 17.0. The number of anilines is 1. The average molecular weight is 407 g/mol. The topological polar surface area (TPSA) is 102 Å². The summed E-state index contributed by atoms with van der Waals surface area (Å²) in [7, 11) is -1.28. The minimum atomic E-state index is -3.29. The Morgan fingerprint density at radius 1 is 1.25 bits per heavy atom. The molecule has 1 aliphatic heterocycles. The third-order valence-corrected chi connectivity index (χ3v) is 7.99. The third-order valence-electron chi connectivity index (χ3n) is 5.95. The van der Waals surface area contributed by atoms with Crippen molar-refractivity contribution < 1.29 is 13.2 Å². The van der Waals surface area contributed by atoms with E-state index in [2.05, 4.69) is 19.9 Å². The number of rotatable bonds is 5. The van der Waals surface area contributed by atoms with Crippen LogP contribution in [0.4, 0.5) is 5.82 Å². The van der Waals surface area contributed by atoms with Crippen LogP contribution in [0.2, 0.25) is 0 Å². The monoisotopic (exact) mass is 406 g/mol. The van der Waals surface area contributed by atoms with E-state index in [0.29, 0.717) is 26.2 Å². The van der Waals surface area contributed by atoms with Gasteiger partial charge in [-0.05, 0) is 24.8 Å². The molecule has 3 heterocycles. The molecule has 10 heteroatoms. The Labute approximate surface area is 164 Å². The van der Waals surface area contributed by atoms with E-state index in [4.69, 9.17) is 0 Å². The highest BCUT2D eigenvalue weighted by molar-refractivity contribution is 7.89. The zero-order valence-electron chi connectivity index (χ0n) is 16.2. The van der Waals surface area contributed by atoms with Gasteiger partial charge in [0.2, 0.25) is 15.9 Å². The lowest BCUT2D eigenvalue weighted by Gasteiger charge is -2.42. The Morgan fingerprint density at radius 2 is 1.96 bits per heavy atom. The second-order valence-electron chi connectivity index (χ2n) is 7.72. The van der Waals surface area contributed by atoms with Gasteiger partial charge in [0.1, 0.15) is 17.8 Å². The lowest BCUT2D eigenvalue weighted by molar-refractivity contribution is -0.129. The van der Waals surface area contributed by atoms with Gasteiger partial charge in [0.15, 0.2) is 0 Å². The summed E-state index contributed by atoms with van der Waals surface area (Å²) in [4.78, 5) is 27.0. The average Bonchev–Trinajstić information content (AvgIpc) is 3.12. The van der Waals surface area contributed by atoms with Crippen LogP contribution in [0.15, 0.2) is 18.6 Å². The molecule has 0 unspecified atom stereocenters. The Balaban J connectivity index is 1.33. The normalized spacial score (nSPS) is 23.6. The van der Waals surface area contributed by atoms with Gasteiger partial charge in [-0.3, -0.25) is 4.79 Å². The standard InChI is InChI=1S/C18H26N6O3S/c1-13(25)23-5-7-24(8-6-23)28(26,27)11-14-9-15(10-14)22(2)18-16-3-4-19-17(16)20-12-21-18/h3-4,12,14-15H,5-11H2,1-2H3,(H,19,20,21)/t14-,15+. The first-order chi connectivity index (χ1) is 13.3. The summed E-state index contributed by atoms with van der Waals surface area (Å²) in [5, 5.41) is 0.976. The molecule has 0 radical (unpaired) electrons. The molecule has 2 fully saturated rings. The summed E-state index contributed by atoms with van der Waals surface area (Å²) in [5.74, 6) is 1.22. The van der Waals surface area contributed by atoms with E-state index in [1.54, 1.807) is 11.2 Å². The molecule has 2 aromatic rings. The molecule has 0 atom stereocenters. The van der Waals surface area contributed by atoms with Crippen molar-refractivity contribution in [3.8, 4) is 0 Å². The van der Waals surface area contributed by atoms with Crippen molar-refractivity contribution >= 4 is 32.8 Å². The van der Waals surface area contributed by atoms with E-state index in [-0.39, 0.29) is 23.6 Å². The quantitative estimate of drug-likeness (QED) is 0.783.